The molecule has 0 saturated carbocycles. The Morgan fingerprint density at radius 2 is 1.94 bits per heavy atom. The maximum absolute atomic E-state index is 5.72. The molecule has 1 aliphatic carbocycles. The molecule has 0 radical (unpaired) electrons. The van der Waals surface area contributed by atoms with Crippen molar-refractivity contribution >= 4 is 0 Å². The molecule has 1 aromatic carbocycles. The summed E-state index contributed by atoms with van der Waals surface area (Å²) >= 11 is 0. The lowest BCUT2D eigenvalue weighted by atomic mass is 10.3. The molecule has 0 amide bonds. The summed E-state index contributed by atoms with van der Waals surface area (Å²) in [5, 5.41) is 0. The van der Waals surface area contributed by atoms with Crippen LogP contribution in [0.2, 0.25) is 0 Å². The molecule has 1 aromatic rings. The minimum Gasteiger partial charge on any atom is -0.501 e. The van der Waals surface area contributed by atoms with Gasteiger partial charge in [-0.05, 0) is 18.2 Å². The van der Waals surface area contributed by atoms with Gasteiger partial charge < -0.3 is 9.47 Å². The van der Waals surface area contributed by atoms with Crippen LogP contribution in [0.1, 0.15) is 6.42 Å². The first-order valence-electron chi connectivity index (χ1n) is 5.23. The van der Waals surface area contributed by atoms with E-state index < -0.39 is 0 Å². The third-order valence-corrected chi connectivity index (χ3v) is 2.26. The molecular formula is C14H14O2. The molecule has 0 fully saturated rings. The molecular weight excluding hydrogens is 200 g/mol. The third kappa shape index (κ3) is 2.76. The fourth-order valence-corrected chi connectivity index (χ4v) is 1.44. The van der Waals surface area contributed by atoms with Crippen molar-refractivity contribution in [2.24, 2.45) is 0 Å². The van der Waals surface area contributed by atoms with Crippen molar-refractivity contribution in [3.8, 4) is 5.75 Å². The van der Waals surface area contributed by atoms with E-state index in [4.69, 9.17) is 9.47 Å². The number of benzene rings is 1. The molecule has 1 aliphatic rings. The van der Waals surface area contributed by atoms with E-state index in [0.717, 1.165) is 23.7 Å². The first-order chi connectivity index (χ1) is 7.88. The molecule has 0 saturated heterocycles. The molecule has 2 heteroatoms. The molecule has 0 N–H and O–H groups in total. The van der Waals surface area contributed by atoms with E-state index in [0.29, 0.717) is 0 Å². The predicted molar refractivity (Wildman–Crippen MR) is 64.0 cm³/mol. The van der Waals surface area contributed by atoms with E-state index in [1.807, 2.05) is 54.6 Å². The molecule has 0 atom stereocenters. The average molecular weight is 214 g/mol. The fourth-order valence-electron chi connectivity index (χ4n) is 1.44. The van der Waals surface area contributed by atoms with Gasteiger partial charge in [-0.3, -0.25) is 0 Å². The summed E-state index contributed by atoms with van der Waals surface area (Å²) in [6.07, 6.45) is 8.65. The number of allylic oxidation sites excluding steroid dienone is 4. The Bertz CT molecular complexity index is 427. The second kappa shape index (κ2) is 5.21. The number of methoxy groups -OCH3 is 1. The summed E-state index contributed by atoms with van der Waals surface area (Å²) in [4.78, 5) is 0. The lowest BCUT2D eigenvalue weighted by Crippen LogP contribution is -1.93. The summed E-state index contributed by atoms with van der Waals surface area (Å²) in [6.45, 7) is 0. The highest BCUT2D eigenvalue weighted by molar-refractivity contribution is 5.31. The normalized spacial score (nSPS) is 14.8. The van der Waals surface area contributed by atoms with Gasteiger partial charge in [0.05, 0.1) is 7.11 Å². The van der Waals surface area contributed by atoms with Crippen molar-refractivity contribution in [2.75, 3.05) is 7.11 Å². The molecule has 0 unspecified atom stereocenters. The van der Waals surface area contributed by atoms with E-state index in [9.17, 15) is 0 Å². The average Bonchev–Trinajstić information content (AvgIpc) is 2.55. The lowest BCUT2D eigenvalue weighted by Gasteiger charge is -2.07. The summed E-state index contributed by atoms with van der Waals surface area (Å²) in [6, 6.07) is 9.71. The smallest absolute Gasteiger partial charge is 0.130 e. The van der Waals surface area contributed by atoms with Crippen LogP contribution < -0.4 is 4.74 Å². The molecule has 0 spiro atoms. The van der Waals surface area contributed by atoms with Gasteiger partial charge in [-0.2, -0.15) is 0 Å². The van der Waals surface area contributed by atoms with E-state index in [-0.39, 0.29) is 0 Å². The van der Waals surface area contributed by atoms with Gasteiger partial charge in [-0.15, -0.1) is 0 Å². The van der Waals surface area contributed by atoms with Crippen LogP contribution in [-0.2, 0) is 4.74 Å². The maximum atomic E-state index is 5.72. The van der Waals surface area contributed by atoms with Crippen LogP contribution in [-0.4, -0.2) is 7.11 Å². The lowest BCUT2D eigenvalue weighted by molar-refractivity contribution is 0.282. The van der Waals surface area contributed by atoms with Crippen LogP contribution >= 0.6 is 0 Å². The highest BCUT2D eigenvalue weighted by Crippen LogP contribution is 2.18. The second-order valence-electron chi connectivity index (χ2n) is 3.43. The Balaban J connectivity index is 2.15. The van der Waals surface area contributed by atoms with Crippen molar-refractivity contribution in [1.29, 1.82) is 0 Å². The molecule has 0 heterocycles. The molecule has 2 rings (SSSR count). The van der Waals surface area contributed by atoms with Gasteiger partial charge in [-0.1, -0.05) is 30.4 Å². The molecule has 2 nitrogen and oxygen atoms in total. The standard InChI is InChI=1S/C14H14O2/c1-15-13-9-5-6-10-14(11-13)16-12-7-3-2-4-8-12/h2-8,10-11H,9H2,1H3. The summed E-state index contributed by atoms with van der Waals surface area (Å²) in [7, 11) is 1.67. The van der Waals surface area contributed by atoms with E-state index in [1.54, 1.807) is 7.11 Å². The number of rotatable bonds is 3. The SMILES string of the molecule is COC1=CC(Oc2ccccc2)=CC=CC1. The van der Waals surface area contributed by atoms with Gasteiger partial charge in [0.2, 0.25) is 0 Å². The number of para-hydroxylation sites is 1. The van der Waals surface area contributed by atoms with Crippen LogP contribution in [0.3, 0.4) is 0 Å². The van der Waals surface area contributed by atoms with Crippen LogP contribution in [0.15, 0.2) is 66.2 Å². The highest BCUT2D eigenvalue weighted by atomic mass is 16.5. The van der Waals surface area contributed by atoms with Crippen molar-refractivity contribution in [3.63, 3.8) is 0 Å². The Kier molecular flexibility index (Phi) is 3.44. The third-order valence-electron chi connectivity index (χ3n) is 2.26. The highest BCUT2D eigenvalue weighted by Gasteiger charge is 2.02. The van der Waals surface area contributed by atoms with Gasteiger partial charge in [0.15, 0.2) is 0 Å². The van der Waals surface area contributed by atoms with E-state index in [2.05, 4.69) is 0 Å². The quantitative estimate of drug-likeness (QED) is 0.767. The van der Waals surface area contributed by atoms with Gasteiger partial charge in [0, 0.05) is 12.5 Å². The van der Waals surface area contributed by atoms with Gasteiger partial charge >= 0.3 is 0 Å². The molecule has 0 bridgehead atoms. The van der Waals surface area contributed by atoms with Crippen molar-refractivity contribution in [3.05, 3.63) is 66.2 Å². The number of hydrogen-bond donors (Lipinski definition) is 0. The Morgan fingerprint density at radius 3 is 2.69 bits per heavy atom. The predicted octanol–water partition coefficient (Wildman–Crippen LogP) is 3.44. The largest absolute Gasteiger partial charge is 0.501 e. The Morgan fingerprint density at radius 1 is 1.12 bits per heavy atom. The van der Waals surface area contributed by atoms with Gasteiger partial charge in [-0.25, -0.2) is 0 Å². The first kappa shape index (κ1) is 10.6. The van der Waals surface area contributed by atoms with Crippen molar-refractivity contribution in [2.45, 2.75) is 6.42 Å². The Labute approximate surface area is 95.5 Å². The molecule has 0 aliphatic heterocycles. The fraction of sp³-hybridized carbons (Fsp3) is 0.143. The van der Waals surface area contributed by atoms with Crippen LogP contribution in [0.25, 0.3) is 0 Å². The zero-order valence-corrected chi connectivity index (χ0v) is 9.22. The van der Waals surface area contributed by atoms with Crippen LogP contribution in [0, 0.1) is 0 Å². The molecule has 0 aromatic heterocycles. The minimum atomic E-state index is 0.789. The molecule has 82 valence electrons. The Hall–Kier alpha value is -1.96. The van der Waals surface area contributed by atoms with E-state index in [1.165, 1.54) is 0 Å². The summed E-state index contributed by atoms with van der Waals surface area (Å²) < 4.78 is 10.9. The minimum absolute atomic E-state index is 0.789. The first-order valence-corrected chi connectivity index (χ1v) is 5.23. The van der Waals surface area contributed by atoms with Crippen molar-refractivity contribution < 1.29 is 9.47 Å². The second-order valence-corrected chi connectivity index (χ2v) is 3.43. The summed E-state index contributed by atoms with van der Waals surface area (Å²) in [5.41, 5.74) is 0. The van der Waals surface area contributed by atoms with Gasteiger partial charge in [0.25, 0.3) is 0 Å². The van der Waals surface area contributed by atoms with E-state index >= 15 is 0 Å². The number of ether oxygens (including phenoxy) is 2. The molecule has 16 heavy (non-hydrogen) atoms. The monoisotopic (exact) mass is 214 g/mol. The summed E-state index contributed by atoms with van der Waals surface area (Å²) in [5.74, 6) is 2.52. The zero-order chi connectivity index (χ0) is 11.2. The topological polar surface area (TPSA) is 18.5 Å². The zero-order valence-electron chi connectivity index (χ0n) is 9.22. The number of hydrogen-bond acceptors (Lipinski definition) is 2. The van der Waals surface area contributed by atoms with Crippen LogP contribution in [0.4, 0.5) is 0 Å². The van der Waals surface area contributed by atoms with Crippen molar-refractivity contribution in [1.82, 2.24) is 0 Å². The van der Waals surface area contributed by atoms with Gasteiger partial charge in [0.1, 0.15) is 17.3 Å². The van der Waals surface area contributed by atoms with Crippen LogP contribution in [0.5, 0.6) is 5.75 Å². The maximum Gasteiger partial charge on any atom is 0.130 e.